The van der Waals surface area contributed by atoms with Gasteiger partial charge in [0.05, 0.1) is 6.10 Å². The van der Waals surface area contributed by atoms with Crippen molar-refractivity contribution in [3.05, 3.63) is 35.9 Å². The number of ether oxygens (including phenoxy) is 1. The van der Waals surface area contributed by atoms with Crippen LogP contribution in [0, 0.1) is 0 Å². The molecule has 1 aromatic carbocycles. The summed E-state index contributed by atoms with van der Waals surface area (Å²) in [5.41, 5.74) is 18.2. The summed E-state index contributed by atoms with van der Waals surface area (Å²) >= 11 is 0. The second-order valence-electron chi connectivity index (χ2n) is 4.38. The molecule has 0 aliphatic heterocycles. The van der Waals surface area contributed by atoms with Crippen LogP contribution >= 0.6 is 0 Å². The molecule has 0 fully saturated rings. The first-order valence-electron chi connectivity index (χ1n) is 6.60. The molecule has 0 heterocycles. The summed E-state index contributed by atoms with van der Waals surface area (Å²) in [7, 11) is 0. The molecule has 0 aromatic heterocycles. The molecule has 0 saturated carbocycles. The predicted molar refractivity (Wildman–Crippen MR) is 75.3 cm³/mol. The molecule has 0 aliphatic rings. The molecule has 4 heteroatoms. The SMILES string of the molecule is NCCCOC(CCN)C(CN)c1ccccc1. The van der Waals surface area contributed by atoms with Crippen LogP contribution in [0.25, 0.3) is 0 Å². The largest absolute Gasteiger partial charge is 0.377 e. The van der Waals surface area contributed by atoms with E-state index in [9.17, 15) is 0 Å². The third-order valence-corrected chi connectivity index (χ3v) is 3.06. The van der Waals surface area contributed by atoms with E-state index in [2.05, 4.69) is 12.1 Å². The summed E-state index contributed by atoms with van der Waals surface area (Å²) in [4.78, 5) is 0. The van der Waals surface area contributed by atoms with Gasteiger partial charge in [-0.15, -0.1) is 0 Å². The summed E-state index contributed by atoms with van der Waals surface area (Å²) < 4.78 is 5.89. The Morgan fingerprint density at radius 1 is 1.00 bits per heavy atom. The lowest BCUT2D eigenvalue weighted by atomic mass is 9.91. The van der Waals surface area contributed by atoms with Gasteiger partial charge in [0, 0.05) is 19.1 Å². The van der Waals surface area contributed by atoms with E-state index in [4.69, 9.17) is 21.9 Å². The highest BCUT2D eigenvalue weighted by Crippen LogP contribution is 2.23. The molecule has 0 aliphatic carbocycles. The molecule has 0 radical (unpaired) electrons. The number of rotatable bonds is 9. The molecule has 0 bridgehead atoms. The van der Waals surface area contributed by atoms with Crippen molar-refractivity contribution in [3.63, 3.8) is 0 Å². The average Bonchev–Trinajstić information content (AvgIpc) is 2.41. The molecular weight excluding hydrogens is 226 g/mol. The first-order chi connectivity index (χ1) is 8.83. The minimum atomic E-state index is 0.0777. The van der Waals surface area contributed by atoms with E-state index in [1.54, 1.807) is 0 Å². The van der Waals surface area contributed by atoms with Gasteiger partial charge in [0.1, 0.15) is 0 Å². The van der Waals surface area contributed by atoms with Gasteiger partial charge in [0.15, 0.2) is 0 Å². The molecule has 18 heavy (non-hydrogen) atoms. The van der Waals surface area contributed by atoms with Gasteiger partial charge in [-0.2, -0.15) is 0 Å². The minimum absolute atomic E-state index is 0.0777. The van der Waals surface area contributed by atoms with Crippen LogP contribution in [0.4, 0.5) is 0 Å². The maximum atomic E-state index is 5.89. The van der Waals surface area contributed by atoms with E-state index in [1.165, 1.54) is 5.56 Å². The predicted octanol–water partition coefficient (Wildman–Crippen LogP) is 0.812. The monoisotopic (exact) mass is 251 g/mol. The van der Waals surface area contributed by atoms with E-state index < -0.39 is 0 Å². The Kier molecular flexibility index (Phi) is 7.60. The lowest BCUT2D eigenvalue weighted by Gasteiger charge is -2.26. The van der Waals surface area contributed by atoms with Gasteiger partial charge >= 0.3 is 0 Å². The first-order valence-corrected chi connectivity index (χ1v) is 6.60. The van der Waals surface area contributed by atoms with Crippen molar-refractivity contribution >= 4 is 0 Å². The number of hydrogen-bond acceptors (Lipinski definition) is 4. The van der Waals surface area contributed by atoms with Gasteiger partial charge in [-0.3, -0.25) is 0 Å². The second kappa shape index (κ2) is 9.05. The second-order valence-corrected chi connectivity index (χ2v) is 4.38. The van der Waals surface area contributed by atoms with Crippen molar-refractivity contribution in [3.8, 4) is 0 Å². The fourth-order valence-corrected chi connectivity index (χ4v) is 2.09. The summed E-state index contributed by atoms with van der Waals surface area (Å²) in [6, 6.07) is 10.2. The van der Waals surface area contributed by atoms with Gasteiger partial charge in [0.25, 0.3) is 0 Å². The van der Waals surface area contributed by atoms with E-state index in [1.807, 2.05) is 18.2 Å². The molecule has 0 spiro atoms. The van der Waals surface area contributed by atoms with Crippen LogP contribution in [0.5, 0.6) is 0 Å². The van der Waals surface area contributed by atoms with Crippen LogP contribution in [0.2, 0.25) is 0 Å². The minimum Gasteiger partial charge on any atom is -0.377 e. The standard InChI is InChI=1S/C14H25N3O/c15-8-4-10-18-14(7-9-16)13(11-17)12-5-2-1-3-6-12/h1-3,5-6,13-14H,4,7-11,15-17H2. The highest BCUT2D eigenvalue weighted by molar-refractivity contribution is 5.21. The molecule has 1 rings (SSSR count). The summed E-state index contributed by atoms with van der Waals surface area (Å²) in [5.74, 6) is 0.201. The van der Waals surface area contributed by atoms with Crippen molar-refractivity contribution in [2.24, 2.45) is 17.2 Å². The van der Waals surface area contributed by atoms with Crippen molar-refractivity contribution in [2.45, 2.75) is 24.9 Å². The van der Waals surface area contributed by atoms with Crippen LogP contribution in [0.15, 0.2) is 30.3 Å². The number of hydrogen-bond donors (Lipinski definition) is 3. The van der Waals surface area contributed by atoms with E-state index in [0.29, 0.717) is 26.2 Å². The van der Waals surface area contributed by atoms with E-state index in [0.717, 1.165) is 12.8 Å². The summed E-state index contributed by atoms with van der Waals surface area (Å²) in [6.07, 6.45) is 1.77. The van der Waals surface area contributed by atoms with Crippen LogP contribution < -0.4 is 17.2 Å². The zero-order valence-corrected chi connectivity index (χ0v) is 10.9. The van der Waals surface area contributed by atoms with Gasteiger partial charge < -0.3 is 21.9 Å². The van der Waals surface area contributed by atoms with Gasteiger partial charge in [-0.1, -0.05) is 30.3 Å². The Hall–Kier alpha value is -0.940. The Bertz CT molecular complexity index is 305. The van der Waals surface area contributed by atoms with Crippen LogP contribution in [0.1, 0.15) is 24.3 Å². The van der Waals surface area contributed by atoms with Crippen molar-refractivity contribution in [1.82, 2.24) is 0 Å². The molecule has 2 atom stereocenters. The molecular formula is C14H25N3O. The molecule has 6 N–H and O–H groups in total. The van der Waals surface area contributed by atoms with Gasteiger partial charge in [0.2, 0.25) is 0 Å². The number of benzene rings is 1. The maximum Gasteiger partial charge on any atom is 0.0667 e. The van der Waals surface area contributed by atoms with Crippen molar-refractivity contribution < 1.29 is 4.74 Å². The smallest absolute Gasteiger partial charge is 0.0667 e. The molecule has 0 saturated heterocycles. The van der Waals surface area contributed by atoms with Crippen molar-refractivity contribution in [2.75, 3.05) is 26.2 Å². The van der Waals surface area contributed by atoms with E-state index >= 15 is 0 Å². The normalized spacial score (nSPS) is 14.4. The first kappa shape index (κ1) is 15.1. The maximum absolute atomic E-state index is 5.89. The third-order valence-electron chi connectivity index (χ3n) is 3.06. The molecule has 102 valence electrons. The third kappa shape index (κ3) is 4.74. The highest BCUT2D eigenvalue weighted by Gasteiger charge is 2.21. The molecule has 1 aromatic rings. The van der Waals surface area contributed by atoms with Crippen LogP contribution in [-0.4, -0.2) is 32.3 Å². The average molecular weight is 251 g/mol. The quantitative estimate of drug-likeness (QED) is 0.567. The lowest BCUT2D eigenvalue weighted by Crippen LogP contribution is -2.31. The molecule has 4 nitrogen and oxygen atoms in total. The zero-order valence-electron chi connectivity index (χ0n) is 10.9. The lowest BCUT2D eigenvalue weighted by molar-refractivity contribution is 0.0311. The highest BCUT2D eigenvalue weighted by atomic mass is 16.5. The molecule has 2 unspecified atom stereocenters. The zero-order chi connectivity index (χ0) is 13.2. The Morgan fingerprint density at radius 3 is 2.28 bits per heavy atom. The van der Waals surface area contributed by atoms with Crippen LogP contribution in [-0.2, 0) is 4.74 Å². The number of nitrogens with two attached hydrogens (primary N) is 3. The summed E-state index contributed by atoms with van der Waals surface area (Å²) in [5, 5.41) is 0. The Balaban J connectivity index is 2.67. The van der Waals surface area contributed by atoms with Gasteiger partial charge in [-0.05, 0) is 31.5 Å². The van der Waals surface area contributed by atoms with E-state index in [-0.39, 0.29) is 12.0 Å². The van der Waals surface area contributed by atoms with Crippen LogP contribution in [0.3, 0.4) is 0 Å². The summed E-state index contributed by atoms with van der Waals surface area (Å²) in [6.45, 7) is 2.49. The Labute approximate surface area is 109 Å². The van der Waals surface area contributed by atoms with Crippen molar-refractivity contribution in [1.29, 1.82) is 0 Å². The molecule has 0 amide bonds. The Morgan fingerprint density at radius 2 is 1.72 bits per heavy atom. The van der Waals surface area contributed by atoms with Gasteiger partial charge in [-0.25, -0.2) is 0 Å². The topological polar surface area (TPSA) is 87.3 Å². The fourth-order valence-electron chi connectivity index (χ4n) is 2.09. The fraction of sp³-hybridized carbons (Fsp3) is 0.571.